The monoisotopic (exact) mass is 367 g/mol. The first-order valence-corrected chi connectivity index (χ1v) is 8.90. The molecule has 2 heterocycles. The van der Waals surface area contributed by atoms with Gasteiger partial charge in [0.15, 0.2) is 5.96 Å². The fraction of sp³-hybridized carbons (Fsp3) is 0.938. The Morgan fingerprint density at radius 1 is 1.28 bits per heavy atom. The topological polar surface area (TPSA) is 55.3 Å². The minimum absolute atomic E-state index is 0.0372. The molecule has 0 bridgehead atoms. The summed E-state index contributed by atoms with van der Waals surface area (Å²) >= 11 is 0. The average Bonchev–Trinajstić information content (AvgIpc) is 3.11. The van der Waals surface area contributed by atoms with Crippen molar-refractivity contribution in [1.29, 1.82) is 0 Å². The molecule has 2 unspecified atom stereocenters. The maximum Gasteiger partial charge on any atom is 0.411 e. The van der Waals surface area contributed by atoms with Crippen molar-refractivity contribution in [2.45, 2.75) is 44.6 Å². The summed E-state index contributed by atoms with van der Waals surface area (Å²) in [5.41, 5.74) is 0. The lowest BCUT2D eigenvalue weighted by Gasteiger charge is -2.37. The zero-order valence-electron chi connectivity index (χ0n) is 14.7. The van der Waals surface area contributed by atoms with E-state index in [9.17, 15) is 13.2 Å². The van der Waals surface area contributed by atoms with Crippen molar-refractivity contribution in [2.75, 3.05) is 52.6 Å². The van der Waals surface area contributed by atoms with Gasteiger partial charge in [-0.1, -0.05) is 0 Å². The first-order chi connectivity index (χ1) is 12.0. The Balaban J connectivity index is 1.77. The molecule has 0 aliphatic carbocycles. The molecule has 2 fully saturated rings. The Morgan fingerprint density at radius 2 is 2.08 bits per heavy atom. The summed E-state index contributed by atoms with van der Waals surface area (Å²) in [6, 6.07) is 0. The van der Waals surface area contributed by atoms with Crippen LogP contribution in [0, 0.1) is 0 Å². The Hall–Kier alpha value is -1.06. The number of aliphatic imine (C=N–C) groups is 1. The zero-order valence-corrected chi connectivity index (χ0v) is 14.7. The Morgan fingerprint density at radius 3 is 2.76 bits per heavy atom. The van der Waals surface area contributed by atoms with E-state index >= 15 is 0 Å². The lowest BCUT2D eigenvalue weighted by Crippen LogP contribution is -2.53. The summed E-state index contributed by atoms with van der Waals surface area (Å²) in [4.78, 5) is 6.64. The molecule has 2 atom stereocenters. The van der Waals surface area contributed by atoms with E-state index in [1.165, 1.54) is 0 Å². The highest BCUT2D eigenvalue weighted by Crippen LogP contribution is 2.21. The number of morpholine rings is 1. The van der Waals surface area contributed by atoms with Crippen molar-refractivity contribution in [3.63, 3.8) is 0 Å². The van der Waals surface area contributed by atoms with E-state index in [2.05, 4.69) is 19.9 Å². The molecule has 0 amide bonds. The molecule has 9 heteroatoms. The van der Waals surface area contributed by atoms with Crippen LogP contribution in [-0.4, -0.2) is 81.9 Å². The van der Waals surface area contributed by atoms with Gasteiger partial charge in [-0.2, -0.15) is 13.2 Å². The van der Waals surface area contributed by atoms with Gasteiger partial charge in [-0.05, 0) is 26.2 Å². The second kappa shape index (κ2) is 10.2. The van der Waals surface area contributed by atoms with E-state index < -0.39 is 12.8 Å². The third-order valence-corrected chi connectivity index (χ3v) is 4.08. The summed E-state index contributed by atoms with van der Waals surface area (Å²) in [5, 5.41) is 3.24. The molecule has 25 heavy (non-hydrogen) atoms. The molecular formula is C16H28F3N3O3. The lowest BCUT2D eigenvalue weighted by atomic mass is 10.1. The highest BCUT2D eigenvalue weighted by Gasteiger charge is 2.32. The molecule has 2 aliphatic heterocycles. The predicted octanol–water partition coefficient (Wildman–Crippen LogP) is 1.80. The largest absolute Gasteiger partial charge is 0.411 e. The first-order valence-electron chi connectivity index (χ1n) is 8.90. The molecule has 0 radical (unpaired) electrons. The van der Waals surface area contributed by atoms with Crippen molar-refractivity contribution in [3.8, 4) is 0 Å². The quantitative estimate of drug-likeness (QED) is 0.423. The standard InChI is InChI=1S/C16H28F3N3O3/c1-2-20-15(21-6-4-8-23-12-16(17,18)19)22-7-10-25-14(11-22)13-5-3-9-24-13/h13-14H,2-12H2,1H3,(H,20,21). The second-order valence-electron chi connectivity index (χ2n) is 6.16. The molecule has 0 aromatic heterocycles. The molecule has 2 rings (SSSR count). The van der Waals surface area contributed by atoms with Crippen LogP contribution >= 0.6 is 0 Å². The highest BCUT2D eigenvalue weighted by atomic mass is 19.4. The normalized spacial score (nSPS) is 25.4. The summed E-state index contributed by atoms with van der Waals surface area (Å²) in [6.45, 7) is 4.82. The molecule has 146 valence electrons. The van der Waals surface area contributed by atoms with Gasteiger partial charge in [-0.15, -0.1) is 0 Å². The molecule has 0 saturated carbocycles. The molecule has 0 spiro atoms. The van der Waals surface area contributed by atoms with Gasteiger partial charge >= 0.3 is 6.18 Å². The Labute approximate surface area is 146 Å². The van der Waals surface area contributed by atoms with Gasteiger partial charge in [0.05, 0.1) is 12.7 Å². The summed E-state index contributed by atoms with van der Waals surface area (Å²) in [6.07, 6.45) is -1.57. The van der Waals surface area contributed by atoms with Crippen molar-refractivity contribution >= 4 is 5.96 Å². The van der Waals surface area contributed by atoms with Gasteiger partial charge in [-0.25, -0.2) is 0 Å². The van der Waals surface area contributed by atoms with Crippen LogP contribution in [0.2, 0.25) is 0 Å². The molecule has 2 saturated heterocycles. The smallest absolute Gasteiger partial charge is 0.375 e. The average molecular weight is 367 g/mol. The molecule has 1 N–H and O–H groups in total. The zero-order chi connectivity index (χ0) is 18.1. The van der Waals surface area contributed by atoms with Crippen LogP contribution in [0.4, 0.5) is 13.2 Å². The fourth-order valence-electron chi connectivity index (χ4n) is 2.95. The number of alkyl halides is 3. The molecule has 2 aliphatic rings. The number of guanidine groups is 1. The first kappa shape index (κ1) is 20.3. The highest BCUT2D eigenvalue weighted by molar-refractivity contribution is 5.80. The van der Waals surface area contributed by atoms with Crippen LogP contribution in [0.25, 0.3) is 0 Å². The van der Waals surface area contributed by atoms with Gasteiger partial charge in [0, 0.05) is 39.4 Å². The molecule has 0 aromatic carbocycles. The van der Waals surface area contributed by atoms with Crippen LogP contribution < -0.4 is 5.32 Å². The van der Waals surface area contributed by atoms with Gasteiger partial charge in [0.1, 0.15) is 12.7 Å². The van der Waals surface area contributed by atoms with Crippen LogP contribution in [0.15, 0.2) is 4.99 Å². The number of nitrogens with zero attached hydrogens (tertiary/aromatic N) is 2. The number of nitrogens with one attached hydrogen (secondary N) is 1. The van der Waals surface area contributed by atoms with Crippen LogP contribution in [0.5, 0.6) is 0 Å². The van der Waals surface area contributed by atoms with Gasteiger partial charge < -0.3 is 24.4 Å². The number of hydrogen-bond acceptors (Lipinski definition) is 4. The van der Waals surface area contributed by atoms with E-state index in [4.69, 9.17) is 9.47 Å². The van der Waals surface area contributed by atoms with Crippen molar-refractivity contribution in [1.82, 2.24) is 10.2 Å². The number of rotatable bonds is 7. The summed E-state index contributed by atoms with van der Waals surface area (Å²) < 4.78 is 52.2. The van der Waals surface area contributed by atoms with Crippen molar-refractivity contribution in [3.05, 3.63) is 0 Å². The maximum absolute atomic E-state index is 12.0. The number of hydrogen-bond donors (Lipinski definition) is 1. The van der Waals surface area contributed by atoms with E-state index in [0.29, 0.717) is 26.1 Å². The Bertz CT molecular complexity index is 415. The number of ether oxygens (including phenoxy) is 3. The maximum atomic E-state index is 12.0. The van der Waals surface area contributed by atoms with Gasteiger partial charge in [0.25, 0.3) is 0 Å². The second-order valence-corrected chi connectivity index (χ2v) is 6.16. The third kappa shape index (κ3) is 7.37. The van der Waals surface area contributed by atoms with Crippen molar-refractivity contribution in [2.24, 2.45) is 4.99 Å². The van der Waals surface area contributed by atoms with Gasteiger partial charge in [-0.3, -0.25) is 4.99 Å². The fourth-order valence-corrected chi connectivity index (χ4v) is 2.95. The van der Waals surface area contributed by atoms with Crippen LogP contribution in [0.3, 0.4) is 0 Å². The Kier molecular flexibility index (Phi) is 8.25. The SMILES string of the molecule is CCNC(=NCCCOCC(F)(F)F)N1CCOC(C2CCCO2)C1. The minimum atomic E-state index is -4.27. The van der Waals surface area contributed by atoms with Crippen LogP contribution in [-0.2, 0) is 14.2 Å². The van der Waals surface area contributed by atoms with Gasteiger partial charge in [0.2, 0.25) is 0 Å². The molecular weight excluding hydrogens is 339 g/mol. The summed E-state index contributed by atoms with van der Waals surface area (Å²) in [5.74, 6) is 0.768. The summed E-state index contributed by atoms with van der Waals surface area (Å²) in [7, 11) is 0. The van der Waals surface area contributed by atoms with E-state index in [1.54, 1.807) is 0 Å². The van der Waals surface area contributed by atoms with E-state index in [-0.39, 0.29) is 18.8 Å². The number of halogens is 3. The molecule has 0 aromatic rings. The van der Waals surface area contributed by atoms with Crippen molar-refractivity contribution < 1.29 is 27.4 Å². The lowest BCUT2D eigenvalue weighted by molar-refractivity contribution is -0.173. The predicted molar refractivity (Wildman–Crippen MR) is 87.8 cm³/mol. The molecule has 6 nitrogen and oxygen atoms in total. The minimum Gasteiger partial charge on any atom is -0.375 e. The third-order valence-electron chi connectivity index (χ3n) is 4.08. The van der Waals surface area contributed by atoms with Crippen LogP contribution in [0.1, 0.15) is 26.2 Å². The van der Waals surface area contributed by atoms with E-state index in [1.807, 2.05) is 6.92 Å². The van der Waals surface area contributed by atoms with E-state index in [0.717, 1.165) is 38.5 Å².